The maximum absolute atomic E-state index is 13.0. The summed E-state index contributed by atoms with van der Waals surface area (Å²) in [7, 11) is 0. The van der Waals surface area contributed by atoms with Crippen molar-refractivity contribution in [3.8, 4) is 23.0 Å². The average Bonchev–Trinajstić information content (AvgIpc) is 3.35. The summed E-state index contributed by atoms with van der Waals surface area (Å²) in [5.74, 6) is 1.14. The summed E-state index contributed by atoms with van der Waals surface area (Å²) in [4.78, 5) is 12.3. The van der Waals surface area contributed by atoms with Gasteiger partial charge in [-0.3, -0.25) is 4.79 Å². The number of nitrogens with zero attached hydrogens (tertiary/aromatic N) is 2. The summed E-state index contributed by atoms with van der Waals surface area (Å²) in [6.45, 7) is 2.33. The maximum Gasteiger partial charge on any atom is 0.277 e. The van der Waals surface area contributed by atoms with Crippen LogP contribution in [0, 0.1) is 5.82 Å². The van der Waals surface area contributed by atoms with Crippen molar-refractivity contribution in [2.45, 2.75) is 23.9 Å². The second-order valence-corrected chi connectivity index (χ2v) is 7.34. The number of ether oxygens (including phenoxy) is 2. The van der Waals surface area contributed by atoms with Crippen LogP contribution in [0.5, 0.6) is 11.5 Å². The number of thioether (sulfide) groups is 1. The standard InChI is InChI=1S/C19H16FN3O4S/c1-11(17(24)21-9-12-2-7-15-16(8-12)26-10-25-15)28-19-23-22-18(27-19)13-3-5-14(20)6-4-13/h2-8,11H,9-10H2,1H3,(H,21,24)/t11-/m0/s1. The first-order valence-electron chi connectivity index (χ1n) is 8.51. The number of hydrogen-bond acceptors (Lipinski definition) is 7. The van der Waals surface area contributed by atoms with Gasteiger partial charge in [0, 0.05) is 12.1 Å². The normalized spacial score (nSPS) is 13.4. The van der Waals surface area contributed by atoms with Gasteiger partial charge in [-0.1, -0.05) is 17.8 Å². The molecule has 9 heteroatoms. The number of hydrogen-bond donors (Lipinski definition) is 1. The van der Waals surface area contributed by atoms with Crippen LogP contribution < -0.4 is 14.8 Å². The fraction of sp³-hybridized carbons (Fsp3) is 0.211. The second kappa shape index (κ2) is 7.89. The van der Waals surface area contributed by atoms with Crippen molar-refractivity contribution >= 4 is 17.7 Å². The van der Waals surface area contributed by atoms with Gasteiger partial charge in [-0.25, -0.2) is 4.39 Å². The third-order valence-corrected chi connectivity index (χ3v) is 4.98. The number of halogens is 1. The highest BCUT2D eigenvalue weighted by atomic mass is 32.2. The van der Waals surface area contributed by atoms with Crippen molar-refractivity contribution in [1.82, 2.24) is 15.5 Å². The summed E-state index contributed by atoms with van der Waals surface area (Å²) >= 11 is 1.15. The third-order valence-electron chi connectivity index (χ3n) is 4.05. The lowest BCUT2D eigenvalue weighted by Crippen LogP contribution is -2.30. The van der Waals surface area contributed by atoms with Crippen LogP contribution in [-0.4, -0.2) is 28.1 Å². The minimum Gasteiger partial charge on any atom is -0.454 e. The first kappa shape index (κ1) is 18.3. The first-order valence-corrected chi connectivity index (χ1v) is 9.39. The number of nitrogens with one attached hydrogen (secondary N) is 1. The van der Waals surface area contributed by atoms with E-state index in [1.54, 1.807) is 19.1 Å². The number of benzene rings is 2. The van der Waals surface area contributed by atoms with E-state index in [2.05, 4.69) is 15.5 Å². The Morgan fingerprint density at radius 1 is 1.18 bits per heavy atom. The van der Waals surface area contributed by atoms with Gasteiger partial charge in [-0.15, -0.1) is 10.2 Å². The van der Waals surface area contributed by atoms with Crippen LogP contribution in [0.3, 0.4) is 0 Å². The topological polar surface area (TPSA) is 86.5 Å². The van der Waals surface area contributed by atoms with E-state index in [0.717, 1.165) is 17.3 Å². The molecule has 4 rings (SSSR count). The van der Waals surface area contributed by atoms with Crippen molar-refractivity contribution in [3.63, 3.8) is 0 Å². The summed E-state index contributed by atoms with van der Waals surface area (Å²) in [6, 6.07) is 11.3. The van der Waals surface area contributed by atoms with Gasteiger partial charge in [0.1, 0.15) is 5.82 Å². The predicted molar refractivity (Wildman–Crippen MR) is 99.4 cm³/mol. The number of carbonyl (C=O) groups excluding carboxylic acids is 1. The monoisotopic (exact) mass is 401 g/mol. The van der Waals surface area contributed by atoms with Gasteiger partial charge in [0.15, 0.2) is 11.5 Å². The molecule has 2 aromatic carbocycles. The van der Waals surface area contributed by atoms with Crippen LogP contribution in [0.1, 0.15) is 12.5 Å². The zero-order chi connectivity index (χ0) is 19.5. The SMILES string of the molecule is C[C@H](Sc1nnc(-c2ccc(F)cc2)o1)C(=O)NCc1ccc2c(c1)OCO2. The number of fused-ring (bicyclic) bond motifs is 1. The van der Waals surface area contributed by atoms with Crippen LogP contribution in [0.2, 0.25) is 0 Å². The molecule has 0 fully saturated rings. The molecule has 1 N–H and O–H groups in total. The molecule has 144 valence electrons. The molecule has 1 atom stereocenters. The Balaban J connectivity index is 1.32. The molecular formula is C19H16FN3O4S. The molecule has 2 heterocycles. The summed E-state index contributed by atoms with van der Waals surface area (Å²) in [6.07, 6.45) is 0. The van der Waals surface area contributed by atoms with E-state index in [-0.39, 0.29) is 29.6 Å². The molecule has 0 saturated carbocycles. The van der Waals surface area contributed by atoms with Crippen molar-refractivity contribution in [1.29, 1.82) is 0 Å². The molecule has 1 aromatic heterocycles. The van der Waals surface area contributed by atoms with Crippen molar-refractivity contribution in [3.05, 3.63) is 53.8 Å². The van der Waals surface area contributed by atoms with Gasteiger partial charge in [0.2, 0.25) is 18.6 Å². The number of rotatable bonds is 6. The Labute approximate surface area is 164 Å². The van der Waals surface area contributed by atoms with E-state index < -0.39 is 5.25 Å². The molecule has 0 unspecified atom stereocenters. The van der Waals surface area contributed by atoms with Crippen LogP contribution in [-0.2, 0) is 11.3 Å². The van der Waals surface area contributed by atoms with Gasteiger partial charge in [-0.2, -0.15) is 0 Å². The van der Waals surface area contributed by atoms with Crippen LogP contribution >= 0.6 is 11.8 Å². The smallest absolute Gasteiger partial charge is 0.277 e. The molecule has 0 saturated heterocycles. The van der Waals surface area contributed by atoms with Gasteiger partial charge in [0.25, 0.3) is 5.22 Å². The van der Waals surface area contributed by atoms with Crippen molar-refractivity contribution in [2.24, 2.45) is 0 Å². The van der Waals surface area contributed by atoms with E-state index in [9.17, 15) is 9.18 Å². The van der Waals surface area contributed by atoms with E-state index in [4.69, 9.17) is 13.9 Å². The highest BCUT2D eigenvalue weighted by Gasteiger charge is 2.19. The maximum atomic E-state index is 13.0. The molecule has 1 aliphatic rings. The summed E-state index contributed by atoms with van der Waals surface area (Å²) in [5.41, 5.74) is 1.52. The van der Waals surface area contributed by atoms with E-state index >= 15 is 0 Å². The van der Waals surface area contributed by atoms with Gasteiger partial charge < -0.3 is 19.2 Å². The lowest BCUT2D eigenvalue weighted by atomic mass is 10.2. The Morgan fingerprint density at radius 2 is 1.96 bits per heavy atom. The van der Waals surface area contributed by atoms with Gasteiger partial charge in [-0.05, 0) is 48.9 Å². The fourth-order valence-electron chi connectivity index (χ4n) is 2.56. The second-order valence-electron chi connectivity index (χ2n) is 6.05. The van der Waals surface area contributed by atoms with E-state index in [1.165, 1.54) is 12.1 Å². The fourth-order valence-corrected chi connectivity index (χ4v) is 3.26. The lowest BCUT2D eigenvalue weighted by Gasteiger charge is -2.10. The molecule has 3 aromatic rings. The quantitative estimate of drug-likeness (QED) is 0.634. The summed E-state index contributed by atoms with van der Waals surface area (Å²) < 4.78 is 29.2. The zero-order valence-electron chi connectivity index (χ0n) is 14.8. The van der Waals surface area contributed by atoms with Gasteiger partial charge in [0.05, 0.1) is 5.25 Å². The first-order chi connectivity index (χ1) is 13.6. The molecule has 28 heavy (non-hydrogen) atoms. The predicted octanol–water partition coefficient (Wildman–Crippen LogP) is 3.40. The lowest BCUT2D eigenvalue weighted by molar-refractivity contribution is -0.120. The molecule has 0 spiro atoms. The van der Waals surface area contributed by atoms with E-state index in [1.807, 2.05) is 18.2 Å². The Kier molecular flexibility index (Phi) is 5.16. The number of amides is 1. The zero-order valence-corrected chi connectivity index (χ0v) is 15.7. The molecule has 0 aliphatic carbocycles. The highest BCUT2D eigenvalue weighted by Crippen LogP contribution is 2.32. The molecular weight excluding hydrogens is 385 g/mol. The van der Waals surface area contributed by atoms with Crippen LogP contribution in [0.15, 0.2) is 52.1 Å². The molecule has 7 nitrogen and oxygen atoms in total. The number of carbonyl (C=O) groups is 1. The number of aromatic nitrogens is 2. The van der Waals surface area contributed by atoms with Crippen LogP contribution in [0.4, 0.5) is 4.39 Å². The molecule has 1 amide bonds. The molecule has 1 aliphatic heterocycles. The average molecular weight is 401 g/mol. The minimum atomic E-state index is -0.435. The largest absolute Gasteiger partial charge is 0.454 e. The molecule has 0 bridgehead atoms. The van der Waals surface area contributed by atoms with Crippen molar-refractivity contribution < 1.29 is 23.1 Å². The summed E-state index contributed by atoms with van der Waals surface area (Å²) in [5, 5.41) is 10.6. The highest BCUT2D eigenvalue weighted by molar-refractivity contribution is 8.00. The minimum absolute atomic E-state index is 0.163. The van der Waals surface area contributed by atoms with E-state index in [0.29, 0.717) is 23.6 Å². The Bertz CT molecular complexity index is 993. The van der Waals surface area contributed by atoms with Gasteiger partial charge >= 0.3 is 0 Å². The Hall–Kier alpha value is -3.07. The Morgan fingerprint density at radius 3 is 2.79 bits per heavy atom. The molecule has 0 radical (unpaired) electrons. The van der Waals surface area contributed by atoms with Crippen LogP contribution in [0.25, 0.3) is 11.5 Å². The van der Waals surface area contributed by atoms with Crippen molar-refractivity contribution in [2.75, 3.05) is 6.79 Å². The third kappa shape index (κ3) is 4.09.